The number of hydrogen-bond donors (Lipinski definition) is 2. The number of pyridine rings is 1. The van der Waals surface area contributed by atoms with E-state index in [0.29, 0.717) is 6.04 Å². The van der Waals surface area contributed by atoms with Crippen molar-refractivity contribution in [3.8, 4) is 0 Å². The molecular weight excluding hydrogens is 354 g/mol. The molecule has 0 spiro atoms. The van der Waals surface area contributed by atoms with E-state index in [1.54, 1.807) is 0 Å². The summed E-state index contributed by atoms with van der Waals surface area (Å²) >= 11 is 3.61. The normalized spacial score (nSPS) is 20.4. The molecule has 1 atom stereocenters. The molecule has 2 aliphatic rings. The van der Waals surface area contributed by atoms with Crippen molar-refractivity contribution in [2.75, 3.05) is 19.7 Å². The molecule has 0 fully saturated rings. The van der Waals surface area contributed by atoms with Crippen LogP contribution in [0, 0.1) is 0 Å². The van der Waals surface area contributed by atoms with E-state index in [4.69, 9.17) is 0 Å². The van der Waals surface area contributed by atoms with Gasteiger partial charge < -0.3 is 5.11 Å². The van der Waals surface area contributed by atoms with Gasteiger partial charge in [0.15, 0.2) is 0 Å². The molecule has 0 amide bonds. The number of quaternary nitrogens is 1. The van der Waals surface area contributed by atoms with Crippen LogP contribution >= 0.6 is 15.9 Å². The molecule has 124 valence electrons. The monoisotopic (exact) mass is 378 g/mol. The van der Waals surface area contributed by atoms with Crippen LogP contribution in [0.4, 0.5) is 5.82 Å². The Kier molecular flexibility index (Phi) is 5.64. The molecule has 1 aliphatic heterocycles. The molecule has 0 saturated carbocycles. The van der Waals surface area contributed by atoms with Gasteiger partial charge in [0, 0.05) is 34.9 Å². The van der Waals surface area contributed by atoms with Gasteiger partial charge in [-0.2, -0.15) is 0 Å². The van der Waals surface area contributed by atoms with Crippen LogP contribution in [0.25, 0.3) is 6.08 Å². The van der Waals surface area contributed by atoms with Gasteiger partial charge in [0.2, 0.25) is 5.82 Å². The Morgan fingerprint density at radius 3 is 2.96 bits per heavy atom. The smallest absolute Gasteiger partial charge is 0.238 e. The van der Waals surface area contributed by atoms with Gasteiger partial charge in [0.1, 0.15) is 5.70 Å². The van der Waals surface area contributed by atoms with Crippen molar-refractivity contribution in [3.05, 3.63) is 39.6 Å². The highest BCUT2D eigenvalue weighted by atomic mass is 79.9. The predicted molar refractivity (Wildman–Crippen MR) is 96.2 cm³/mol. The van der Waals surface area contributed by atoms with Gasteiger partial charge >= 0.3 is 0 Å². The highest BCUT2D eigenvalue weighted by Gasteiger charge is 2.27. The molecular formula is C18H25BrN3O+. The van der Waals surface area contributed by atoms with Crippen LogP contribution in [0.1, 0.15) is 38.2 Å². The van der Waals surface area contributed by atoms with Crippen molar-refractivity contribution < 1.29 is 10.4 Å². The van der Waals surface area contributed by atoms with Gasteiger partial charge in [-0.1, -0.05) is 13.0 Å². The zero-order valence-electron chi connectivity index (χ0n) is 13.6. The van der Waals surface area contributed by atoms with Crippen molar-refractivity contribution in [3.63, 3.8) is 0 Å². The summed E-state index contributed by atoms with van der Waals surface area (Å²) in [6.07, 6.45) is 11.0. The maximum atomic E-state index is 9.26. The second-order valence-corrected chi connectivity index (χ2v) is 7.11. The SMILES string of the molecule is CCCN(CCO)C1CC=C(C2=Cc3c(Br)ccnc3[NH2+]2)CC1. The first-order valence-electron chi connectivity index (χ1n) is 8.48. The minimum absolute atomic E-state index is 0.251. The molecule has 1 aromatic rings. The molecule has 0 radical (unpaired) electrons. The molecule has 4 nitrogen and oxygen atoms in total. The van der Waals surface area contributed by atoms with Crippen LogP contribution in [0.5, 0.6) is 0 Å². The van der Waals surface area contributed by atoms with Crippen LogP contribution in [0.3, 0.4) is 0 Å². The fourth-order valence-corrected chi connectivity index (χ4v) is 4.00. The topological polar surface area (TPSA) is 53.0 Å². The molecule has 0 saturated heterocycles. The van der Waals surface area contributed by atoms with Crippen LogP contribution in [-0.4, -0.2) is 40.7 Å². The standard InChI is InChI=1S/C18H24BrN3O/c1-2-9-22(10-11-23)14-5-3-13(4-6-14)17-12-15-16(19)7-8-20-18(15)21-17/h3,7-8,12,14,23H,2,4-6,9-11H2,1H3,(H,20,21)/p+1. The molecule has 0 bridgehead atoms. The number of aliphatic hydroxyl groups excluding tert-OH is 1. The highest BCUT2D eigenvalue weighted by molar-refractivity contribution is 9.10. The minimum Gasteiger partial charge on any atom is -0.395 e. The minimum atomic E-state index is 0.251. The summed E-state index contributed by atoms with van der Waals surface area (Å²) in [6, 6.07) is 2.56. The Bertz CT molecular complexity index is 621. The lowest BCUT2D eigenvalue weighted by Crippen LogP contribution is -2.75. The number of halogens is 1. The Morgan fingerprint density at radius 1 is 1.43 bits per heavy atom. The number of nitrogens with zero attached hydrogens (tertiary/aromatic N) is 2. The first-order valence-corrected chi connectivity index (χ1v) is 9.27. The van der Waals surface area contributed by atoms with Crippen molar-refractivity contribution in [1.82, 2.24) is 9.88 Å². The van der Waals surface area contributed by atoms with Gasteiger partial charge in [0.25, 0.3) is 0 Å². The number of aliphatic hydroxyl groups is 1. The fourth-order valence-electron chi connectivity index (χ4n) is 3.56. The van der Waals surface area contributed by atoms with Gasteiger partial charge in [-0.25, -0.2) is 4.98 Å². The third-order valence-corrected chi connectivity index (χ3v) is 5.42. The lowest BCUT2D eigenvalue weighted by Gasteiger charge is -2.33. The predicted octanol–water partition coefficient (Wildman–Crippen LogP) is 2.58. The number of allylic oxidation sites excluding steroid dienone is 1. The maximum absolute atomic E-state index is 9.26. The molecule has 23 heavy (non-hydrogen) atoms. The van der Waals surface area contributed by atoms with E-state index in [-0.39, 0.29) is 6.61 Å². The number of fused-ring (bicyclic) bond motifs is 1. The van der Waals surface area contributed by atoms with E-state index in [9.17, 15) is 5.11 Å². The highest BCUT2D eigenvalue weighted by Crippen LogP contribution is 2.31. The second-order valence-electron chi connectivity index (χ2n) is 6.25. The number of aromatic nitrogens is 1. The molecule has 1 unspecified atom stereocenters. The van der Waals surface area contributed by atoms with Crippen LogP contribution in [0.15, 0.2) is 34.1 Å². The van der Waals surface area contributed by atoms with E-state index in [0.717, 1.165) is 42.6 Å². The molecule has 1 aromatic heterocycles. The Labute approximate surface area is 146 Å². The van der Waals surface area contributed by atoms with Crippen LogP contribution in [-0.2, 0) is 0 Å². The summed E-state index contributed by atoms with van der Waals surface area (Å²) in [4.78, 5) is 6.89. The zero-order valence-corrected chi connectivity index (χ0v) is 15.2. The Balaban J connectivity index is 1.68. The first kappa shape index (κ1) is 16.8. The van der Waals surface area contributed by atoms with E-state index in [1.165, 1.54) is 23.3 Å². The van der Waals surface area contributed by atoms with E-state index >= 15 is 0 Å². The van der Waals surface area contributed by atoms with Gasteiger partial charge in [-0.3, -0.25) is 10.2 Å². The quantitative estimate of drug-likeness (QED) is 0.799. The fraction of sp³-hybridized carbons (Fsp3) is 0.500. The molecule has 2 heterocycles. The summed E-state index contributed by atoms with van der Waals surface area (Å²) in [5, 5.41) is 11.5. The van der Waals surface area contributed by atoms with Crippen molar-refractivity contribution >= 4 is 27.8 Å². The summed E-state index contributed by atoms with van der Waals surface area (Å²) in [5.74, 6) is 1.06. The van der Waals surface area contributed by atoms with Crippen LogP contribution in [0.2, 0.25) is 0 Å². The van der Waals surface area contributed by atoms with E-state index < -0.39 is 0 Å². The van der Waals surface area contributed by atoms with Crippen LogP contribution < -0.4 is 5.32 Å². The lowest BCUT2D eigenvalue weighted by atomic mass is 9.92. The van der Waals surface area contributed by atoms with Gasteiger partial charge in [-0.05, 0) is 54.2 Å². The molecule has 0 aromatic carbocycles. The Morgan fingerprint density at radius 2 is 2.30 bits per heavy atom. The number of nitrogens with two attached hydrogens (primary N) is 1. The summed E-state index contributed by atoms with van der Waals surface area (Å²) in [6.45, 7) is 4.32. The average molecular weight is 379 g/mol. The second kappa shape index (κ2) is 7.71. The van der Waals surface area contributed by atoms with Crippen molar-refractivity contribution in [2.45, 2.75) is 38.6 Å². The molecule has 5 heteroatoms. The average Bonchev–Trinajstić information content (AvgIpc) is 3.00. The van der Waals surface area contributed by atoms with Crippen molar-refractivity contribution in [1.29, 1.82) is 0 Å². The molecule has 1 aliphatic carbocycles. The first-order chi connectivity index (χ1) is 11.2. The Hall–Kier alpha value is -1.01. The van der Waals surface area contributed by atoms with Crippen molar-refractivity contribution in [2.24, 2.45) is 0 Å². The number of rotatable bonds is 6. The van der Waals surface area contributed by atoms with E-state index in [1.807, 2.05) is 12.3 Å². The summed E-state index contributed by atoms with van der Waals surface area (Å²) in [7, 11) is 0. The zero-order chi connectivity index (χ0) is 16.2. The van der Waals surface area contributed by atoms with E-state index in [2.05, 4.69) is 50.2 Å². The summed E-state index contributed by atoms with van der Waals surface area (Å²) in [5.41, 5.74) is 3.94. The third kappa shape index (κ3) is 3.74. The lowest BCUT2D eigenvalue weighted by molar-refractivity contribution is -0.513. The number of hydrogen-bond acceptors (Lipinski definition) is 3. The molecule has 3 rings (SSSR count). The maximum Gasteiger partial charge on any atom is 0.238 e. The summed E-state index contributed by atoms with van der Waals surface area (Å²) < 4.78 is 1.11. The largest absolute Gasteiger partial charge is 0.395 e. The van der Waals surface area contributed by atoms with Gasteiger partial charge in [-0.15, -0.1) is 0 Å². The molecule has 3 N–H and O–H groups in total. The van der Waals surface area contributed by atoms with Gasteiger partial charge in [0.05, 0.1) is 12.2 Å². The third-order valence-electron chi connectivity index (χ3n) is 4.73.